The Morgan fingerprint density at radius 3 is 1.96 bits per heavy atom. The number of aryl methyl sites for hydroxylation is 1. The molecule has 136 valence electrons. The number of hydrogen-bond donors (Lipinski definition) is 0. The summed E-state index contributed by atoms with van der Waals surface area (Å²) in [6.45, 7) is 1.91. The number of Topliss-reactive ketones (excluding diaryl/α,β-unsaturated/α-hetero) is 1. The molecule has 0 spiro atoms. The van der Waals surface area contributed by atoms with Crippen molar-refractivity contribution in [2.45, 2.75) is 23.9 Å². The maximum Gasteiger partial charge on any atom is 0.244 e. The molecule has 0 aliphatic carbocycles. The van der Waals surface area contributed by atoms with Gasteiger partial charge in [-0.15, -0.1) is 0 Å². The van der Waals surface area contributed by atoms with Gasteiger partial charge < -0.3 is 0 Å². The fraction of sp³-hybridized carbons (Fsp3) is 0.136. The maximum absolute atomic E-state index is 13.2. The van der Waals surface area contributed by atoms with E-state index in [-0.39, 0.29) is 10.7 Å². The summed E-state index contributed by atoms with van der Waals surface area (Å²) >= 11 is 0. The van der Waals surface area contributed by atoms with E-state index in [4.69, 9.17) is 0 Å². The van der Waals surface area contributed by atoms with Crippen molar-refractivity contribution in [1.29, 1.82) is 0 Å². The van der Waals surface area contributed by atoms with Crippen LogP contribution in [0.4, 0.5) is 0 Å². The quantitative estimate of drug-likeness (QED) is 0.499. The first-order valence-corrected chi connectivity index (χ1v) is 10.2. The van der Waals surface area contributed by atoms with Crippen LogP contribution in [0.2, 0.25) is 0 Å². The largest absolute Gasteiger partial charge is 0.292 e. The highest BCUT2D eigenvalue weighted by Crippen LogP contribution is 2.48. The number of ketones is 1. The summed E-state index contributed by atoms with van der Waals surface area (Å²) in [6.07, 6.45) is 0. The van der Waals surface area contributed by atoms with E-state index in [1.54, 1.807) is 48.5 Å². The Bertz CT molecular complexity index is 1060. The van der Waals surface area contributed by atoms with Crippen molar-refractivity contribution in [3.63, 3.8) is 0 Å². The smallest absolute Gasteiger partial charge is 0.244 e. The van der Waals surface area contributed by atoms with Gasteiger partial charge in [-0.1, -0.05) is 78.4 Å². The van der Waals surface area contributed by atoms with E-state index in [1.165, 1.54) is 4.31 Å². The third-order valence-electron chi connectivity index (χ3n) is 4.82. The monoisotopic (exact) mass is 377 g/mol. The molecule has 0 saturated carbocycles. The zero-order valence-electron chi connectivity index (χ0n) is 14.8. The first-order valence-electron chi connectivity index (χ1n) is 8.74. The van der Waals surface area contributed by atoms with Gasteiger partial charge in [-0.3, -0.25) is 4.79 Å². The van der Waals surface area contributed by atoms with Crippen molar-refractivity contribution >= 4 is 15.8 Å². The van der Waals surface area contributed by atoms with Gasteiger partial charge in [-0.25, -0.2) is 8.42 Å². The summed E-state index contributed by atoms with van der Waals surface area (Å²) in [7, 11) is -3.77. The molecule has 5 heteroatoms. The lowest BCUT2D eigenvalue weighted by Crippen LogP contribution is -2.19. The zero-order valence-corrected chi connectivity index (χ0v) is 15.6. The summed E-state index contributed by atoms with van der Waals surface area (Å²) in [5.41, 5.74) is 2.32. The second-order valence-electron chi connectivity index (χ2n) is 6.68. The van der Waals surface area contributed by atoms with Crippen molar-refractivity contribution in [3.05, 3.63) is 102 Å². The molecule has 3 atom stereocenters. The fourth-order valence-electron chi connectivity index (χ4n) is 3.35. The van der Waals surface area contributed by atoms with Crippen LogP contribution >= 0.6 is 0 Å². The molecule has 3 aromatic rings. The SMILES string of the molecule is Cc1ccc(S(=O)(=O)N2[C@@H](C(=O)c3ccccc3)[C@@H]2c2ccccc2)cc1. The topological polar surface area (TPSA) is 54.2 Å². The predicted molar refractivity (Wildman–Crippen MR) is 104 cm³/mol. The average Bonchev–Trinajstić information content (AvgIpc) is 3.46. The Kier molecular flexibility index (Phi) is 4.42. The van der Waals surface area contributed by atoms with Crippen molar-refractivity contribution in [2.24, 2.45) is 0 Å². The first-order chi connectivity index (χ1) is 13.0. The molecule has 4 rings (SSSR count). The molecule has 1 unspecified atom stereocenters. The van der Waals surface area contributed by atoms with Crippen LogP contribution in [0.5, 0.6) is 0 Å². The van der Waals surface area contributed by atoms with E-state index in [1.807, 2.05) is 43.3 Å². The lowest BCUT2D eigenvalue weighted by Gasteiger charge is -2.07. The van der Waals surface area contributed by atoms with Crippen LogP contribution in [0.25, 0.3) is 0 Å². The Morgan fingerprint density at radius 1 is 0.815 bits per heavy atom. The average molecular weight is 377 g/mol. The molecule has 0 aromatic heterocycles. The molecule has 1 saturated heterocycles. The summed E-state index contributed by atoms with van der Waals surface area (Å²) in [6, 6.07) is 23.7. The molecule has 27 heavy (non-hydrogen) atoms. The molecule has 0 bridgehead atoms. The highest BCUT2D eigenvalue weighted by Gasteiger charge is 2.60. The molecule has 0 amide bonds. The lowest BCUT2D eigenvalue weighted by molar-refractivity contribution is 0.0981. The van der Waals surface area contributed by atoms with Crippen LogP contribution in [-0.4, -0.2) is 24.5 Å². The van der Waals surface area contributed by atoms with E-state index >= 15 is 0 Å². The number of sulfonamides is 1. The third-order valence-corrected chi connectivity index (χ3v) is 6.70. The van der Waals surface area contributed by atoms with Gasteiger partial charge in [0, 0.05) is 5.56 Å². The maximum atomic E-state index is 13.2. The van der Waals surface area contributed by atoms with Gasteiger partial charge in [-0.2, -0.15) is 4.31 Å². The number of benzene rings is 3. The summed E-state index contributed by atoms with van der Waals surface area (Å²) in [5.74, 6) is -0.180. The summed E-state index contributed by atoms with van der Waals surface area (Å²) < 4.78 is 27.7. The Balaban J connectivity index is 1.75. The van der Waals surface area contributed by atoms with Crippen molar-refractivity contribution in [1.82, 2.24) is 4.31 Å². The van der Waals surface area contributed by atoms with E-state index in [9.17, 15) is 13.2 Å². The Labute approximate surface area is 159 Å². The number of hydrogen-bond acceptors (Lipinski definition) is 3. The minimum absolute atomic E-state index is 0.180. The first kappa shape index (κ1) is 17.6. The minimum atomic E-state index is -3.77. The molecular formula is C22H19NO3S. The fourth-order valence-corrected chi connectivity index (χ4v) is 5.07. The van der Waals surface area contributed by atoms with E-state index in [0.29, 0.717) is 5.56 Å². The molecule has 4 nitrogen and oxygen atoms in total. The Hall–Kier alpha value is -2.76. The van der Waals surface area contributed by atoms with Gasteiger partial charge in [0.15, 0.2) is 5.78 Å². The highest BCUT2D eigenvalue weighted by atomic mass is 32.2. The second kappa shape index (κ2) is 6.76. The van der Waals surface area contributed by atoms with E-state index < -0.39 is 22.1 Å². The van der Waals surface area contributed by atoms with Gasteiger partial charge >= 0.3 is 0 Å². The molecule has 1 heterocycles. The molecule has 1 fully saturated rings. The summed E-state index contributed by atoms with van der Waals surface area (Å²) in [5, 5.41) is 0. The van der Waals surface area contributed by atoms with Crippen LogP contribution in [0.1, 0.15) is 27.5 Å². The van der Waals surface area contributed by atoms with Crippen LogP contribution in [0, 0.1) is 6.92 Å². The van der Waals surface area contributed by atoms with Crippen LogP contribution in [0.15, 0.2) is 89.8 Å². The number of carbonyl (C=O) groups is 1. The minimum Gasteiger partial charge on any atom is -0.292 e. The van der Waals surface area contributed by atoms with E-state index in [2.05, 4.69) is 0 Å². The van der Waals surface area contributed by atoms with Gasteiger partial charge in [0.25, 0.3) is 0 Å². The molecule has 3 aromatic carbocycles. The van der Waals surface area contributed by atoms with Gasteiger partial charge in [0.1, 0.15) is 6.04 Å². The molecular weight excluding hydrogens is 358 g/mol. The second-order valence-corrected chi connectivity index (χ2v) is 8.52. The lowest BCUT2D eigenvalue weighted by atomic mass is 10.0. The van der Waals surface area contributed by atoms with Crippen molar-refractivity contribution in [3.8, 4) is 0 Å². The molecule has 0 N–H and O–H groups in total. The Morgan fingerprint density at radius 2 is 1.37 bits per heavy atom. The standard InChI is InChI=1S/C22H19NO3S/c1-16-12-14-19(15-13-16)27(25,26)23-20(17-8-4-2-5-9-17)21(23)22(24)18-10-6-3-7-11-18/h2-15,20-21H,1H3/t20-,21+,23?/m0/s1. The normalized spacial score (nSPS) is 21.6. The van der Waals surface area contributed by atoms with Crippen molar-refractivity contribution in [2.75, 3.05) is 0 Å². The molecule has 0 radical (unpaired) electrons. The van der Waals surface area contributed by atoms with Crippen molar-refractivity contribution < 1.29 is 13.2 Å². The van der Waals surface area contributed by atoms with Gasteiger partial charge in [-0.05, 0) is 24.6 Å². The van der Waals surface area contributed by atoms with Crippen LogP contribution in [-0.2, 0) is 10.0 Å². The molecule has 1 aliphatic rings. The summed E-state index contributed by atoms with van der Waals surface area (Å²) in [4.78, 5) is 13.2. The van der Waals surface area contributed by atoms with Gasteiger partial charge in [0.2, 0.25) is 10.0 Å². The zero-order chi connectivity index (χ0) is 19.0. The highest BCUT2D eigenvalue weighted by molar-refractivity contribution is 7.89. The van der Waals surface area contributed by atoms with Crippen LogP contribution < -0.4 is 0 Å². The number of rotatable bonds is 5. The number of carbonyl (C=O) groups excluding carboxylic acids is 1. The van der Waals surface area contributed by atoms with Crippen LogP contribution in [0.3, 0.4) is 0 Å². The number of nitrogens with zero attached hydrogens (tertiary/aromatic N) is 1. The molecule has 1 aliphatic heterocycles. The van der Waals surface area contributed by atoms with E-state index in [0.717, 1.165) is 11.1 Å². The predicted octanol–water partition coefficient (Wildman–Crippen LogP) is 3.99. The van der Waals surface area contributed by atoms with Gasteiger partial charge in [0.05, 0.1) is 10.9 Å². The third kappa shape index (κ3) is 3.20.